The van der Waals surface area contributed by atoms with Crippen LogP contribution in [0, 0.1) is 11.3 Å². The zero-order valence-corrected chi connectivity index (χ0v) is 15.1. The molecule has 0 radical (unpaired) electrons. The number of para-hydroxylation sites is 1. The zero-order valence-electron chi connectivity index (χ0n) is 15.1. The number of nitrogens with one attached hydrogen (secondary N) is 1. The highest BCUT2D eigenvalue weighted by Gasteiger charge is 2.19. The fourth-order valence-corrected chi connectivity index (χ4v) is 2.49. The Morgan fingerprint density at radius 3 is 2.82 bits per heavy atom. The number of ether oxygens (including phenoxy) is 4. The van der Waals surface area contributed by atoms with Crippen molar-refractivity contribution in [2.75, 3.05) is 13.4 Å². The van der Waals surface area contributed by atoms with Crippen molar-refractivity contribution < 1.29 is 28.5 Å². The molecule has 2 aromatic rings. The topological polar surface area (TPSA) is 107 Å². The molecule has 0 saturated heterocycles. The predicted molar refractivity (Wildman–Crippen MR) is 96.6 cm³/mol. The predicted octanol–water partition coefficient (Wildman–Crippen LogP) is 1.91. The summed E-state index contributed by atoms with van der Waals surface area (Å²) in [5, 5.41) is 11.7. The molecule has 0 spiro atoms. The smallest absolute Gasteiger partial charge is 0.344 e. The summed E-state index contributed by atoms with van der Waals surface area (Å²) in [7, 11) is 0. The first-order chi connectivity index (χ1) is 13.6. The van der Waals surface area contributed by atoms with E-state index >= 15 is 0 Å². The summed E-state index contributed by atoms with van der Waals surface area (Å²) in [6.45, 7) is 1.50. The van der Waals surface area contributed by atoms with Crippen LogP contribution in [0.25, 0.3) is 0 Å². The molecule has 2 aromatic carbocycles. The highest BCUT2D eigenvalue weighted by atomic mass is 16.7. The number of hydrogen-bond donors (Lipinski definition) is 1. The lowest BCUT2D eigenvalue weighted by molar-refractivity contribution is -0.156. The van der Waals surface area contributed by atoms with Crippen molar-refractivity contribution in [3.05, 3.63) is 53.6 Å². The number of rotatable bonds is 7. The molecule has 0 aliphatic carbocycles. The van der Waals surface area contributed by atoms with Crippen LogP contribution in [0.15, 0.2) is 42.5 Å². The molecule has 1 heterocycles. The van der Waals surface area contributed by atoms with Gasteiger partial charge >= 0.3 is 5.97 Å². The molecule has 1 N–H and O–H groups in total. The van der Waals surface area contributed by atoms with Gasteiger partial charge in [0.15, 0.2) is 24.2 Å². The third-order valence-electron chi connectivity index (χ3n) is 3.93. The molecule has 0 bridgehead atoms. The van der Waals surface area contributed by atoms with Gasteiger partial charge in [-0.15, -0.1) is 0 Å². The molecule has 1 aliphatic heterocycles. The quantitative estimate of drug-likeness (QED) is 0.729. The van der Waals surface area contributed by atoms with Gasteiger partial charge in [0.05, 0.1) is 5.56 Å². The SMILES string of the molecule is C[C@H](OC(=O)COc1ccccc1C#N)C(=O)NCc1ccc2c(c1)OCO2. The van der Waals surface area contributed by atoms with Gasteiger partial charge in [-0.25, -0.2) is 4.79 Å². The van der Waals surface area contributed by atoms with Crippen molar-refractivity contribution in [2.24, 2.45) is 0 Å². The Morgan fingerprint density at radius 2 is 2.00 bits per heavy atom. The molecule has 1 atom stereocenters. The Hall–Kier alpha value is -3.73. The second-order valence-electron chi connectivity index (χ2n) is 5.93. The van der Waals surface area contributed by atoms with Crippen LogP contribution in [-0.2, 0) is 20.9 Å². The first-order valence-electron chi connectivity index (χ1n) is 8.54. The number of nitriles is 1. The van der Waals surface area contributed by atoms with Crippen LogP contribution in [0.2, 0.25) is 0 Å². The Morgan fingerprint density at radius 1 is 1.21 bits per heavy atom. The van der Waals surface area contributed by atoms with E-state index in [4.69, 9.17) is 24.2 Å². The van der Waals surface area contributed by atoms with Crippen molar-refractivity contribution in [2.45, 2.75) is 19.6 Å². The maximum absolute atomic E-state index is 12.1. The van der Waals surface area contributed by atoms with E-state index in [1.54, 1.807) is 36.4 Å². The Labute approximate surface area is 161 Å². The van der Waals surface area contributed by atoms with E-state index in [0.717, 1.165) is 5.56 Å². The van der Waals surface area contributed by atoms with Gasteiger partial charge in [0.25, 0.3) is 5.91 Å². The van der Waals surface area contributed by atoms with Crippen molar-refractivity contribution >= 4 is 11.9 Å². The Kier molecular flexibility index (Phi) is 5.97. The van der Waals surface area contributed by atoms with Gasteiger partial charge in [0.2, 0.25) is 6.79 Å². The maximum Gasteiger partial charge on any atom is 0.344 e. The molecule has 28 heavy (non-hydrogen) atoms. The minimum atomic E-state index is -0.990. The molecule has 0 unspecified atom stereocenters. The molecule has 1 aliphatic rings. The van der Waals surface area contributed by atoms with Crippen LogP contribution in [0.3, 0.4) is 0 Å². The summed E-state index contributed by atoms with van der Waals surface area (Å²) in [4.78, 5) is 24.0. The van der Waals surface area contributed by atoms with E-state index < -0.39 is 24.6 Å². The fourth-order valence-electron chi connectivity index (χ4n) is 2.49. The summed E-state index contributed by atoms with van der Waals surface area (Å²) in [6, 6.07) is 13.9. The number of esters is 1. The average Bonchev–Trinajstić information content (AvgIpc) is 3.18. The molecule has 8 heteroatoms. The normalized spacial score (nSPS) is 12.6. The molecule has 0 saturated carbocycles. The molecule has 3 rings (SSSR count). The van der Waals surface area contributed by atoms with Gasteiger partial charge in [0.1, 0.15) is 11.8 Å². The van der Waals surface area contributed by atoms with Crippen molar-refractivity contribution in [1.29, 1.82) is 5.26 Å². The number of benzene rings is 2. The third kappa shape index (κ3) is 4.71. The van der Waals surface area contributed by atoms with Gasteiger partial charge in [-0.3, -0.25) is 4.79 Å². The minimum Gasteiger partial charge on any atom is -0.481 e. The summed E-state index contributed by atoms with van der Waals surface area (Å²) < 4.78 is 20.9. The number of carbonyl (C=O) groups excluding carboxylic acids is 2. The molecule has 1 amide bonds. The van der Waals surface area contributed by atoms with E-state index in [1.165, 1.54) is 6.92 Å². The van der Waals surface area contributed by atoms with Crippen LogP contribution in [0.1, 0.15) is 18.1 Å². The second-order valence-corrected chi connectivity index (χ2v) is 5.93. The largest absolute Gasteiger partial charge is 0.481 e. The minimum absolute atomic E-state index is 0.180. The Bertz CT molecular complexity index is 921. The van der Waals surface area contributed by atoms with Crippen molar-refractivity contribution in [1.82, 2.24) is 5.32 Å². The fraction of sp³-hybridized carbons (Fsp3) is 0.250. The van der Waals surface area contributed by atoms with E-state index in [9.17, 15) is 9.59 Å². The summed E-state index contributed by atoms with van der Waals surface area (Å²) in [5.41, 5.74) is 1.14. The van der Waals surface area contributed by atoms with E-state index in [1.807, 2.05) is 12.1 Å². The standard InChI is InChI=1S/C20H18N2O6/c1-13(28-19(23)11-25-16-5-3-2-4-15(16)9-21)20(24)22-10-14-6-7-17-18(8-14)27-12-26-17/h2-8,13H,10-12H2,1H3,(H,22,24)/t13-/m0/s1. The first-order valence-corrected chi connectivity index (χ1v) is 8.54. The van der Waals surface area contributed by atoms with Crippen LogP contribution in [-0.4, -0.2) is 31.4 Å². The lowest BCUT2D eigenvalue weighted by atomic mass is 10.2. The molecule has 144 valence electrons. The Balaban J connectivity index is 1.44. The molecular formula is C20H18N2O6. The molecule has 0 fully saturated rings. The van der Waals surface area contributed by atoms with Gasteiger partial charge in [-0.1, -0.05) is 18.2 Å². The van der Waals surface area contributed by atoms with Gasteiger partial charge in [-0.05, 0) is 36.8 Å². The average molecular weight is 382 g/mol. The van der Waals surface area contributed by atoms with E-state index in [2.05, 4.69) is 5.32 Å². The number of carbonyl (C=O) groups is 2. The maximum atomic E-state index is 12.1. The second kappa shape index (κ2) is 8.77. The van der Waals surface area contributed by atoms with E-state index in [-0.39, 0.29) is 19.1 Å². The summed E-state index contributed by atoms with van der Waals surface area (Å²) in [6.07, 6.45) is -0.990. The molecular weight excluding hydrogens is 364 g/mol. The summed E-state index contributed by atoms with van der Waals surface area (Å²) >= 11 is 0. The highest BCUT2D eigenvalue weighted by Crippen LogP contribution is 2.32. The van der Waals surface area contributed by atoms with Crippen LogP contribution in [0.4, 0.5) is 0 Å². The molecule has 0 aromatic heterocycles. The van der Waals surface area contributed by atoms with Crippen molar-refractivity contribution in [3.63, 3.8) is 0 Å². The lowest BCUT2D eigenvalue weighted by Crippen LogP contribution is -2.36. The number of nitrogens with zero attached hydrogens (tertiary/aromatic N) is 1. The van der Waals surface area contributed by atoms with Crippen LogP contribution < -0.4 is 19.5 Å². The van der Waals surface area contributed by atoms with Gasteiger partial charge < -0.3 is 24.3 Å². The third-order valence-corrected chi connectivity index (χ3v) is 3.93. The number of fused-ring (bicyclic) bond motifs is 1. The van der Waals surface area contributed by atoms with E-state index in [0.29, 0.717) is 17.1 Å². The summed E-state index contributed by atoms with van der Waals surface area (Å²) in [5.74, 6) is 0.417. The van der Waals surface area contributed by atoms with Gasteiger partial charge in [0, 0.05) is 6.54 Å². The monoisotopic (exact) mass is 382 g/mol. The lowest BCUT2D eigenvalue weighted by Gasteiger charge is -2.14. The highest BCUT2D eigenvalue weighted by molar-refractivity contribution is 5.83. The first kappa shape index (κ1) is 19.0. The van der Waals surface area contributed by atoms with Crippen molar-refractivity contribution in [3.8, 4) is 23.3 Å². The van der Waals surface area contributed by atoms with Gasteiger partial charge in [-0.2, -0.15) is 5.26 Å². The number of hydrogen-bond acceptors (Lipinski definition) is 7. The molecule has 8 nitrogen and oxygen atoms in total. The van der Waals surface area contributed by atoms with Crippen LogP contribution in [0.5, 0.6) is 17.2 Å². The van der Waals surface area contributed by atoms with Crippen LogP contribution >= 0.6 is 0 Å². The number of amides is 1. The zero-order chi connectivity index (χ0) is 19.9.